The van der Waals surface area contributed by atoms with E-state index in [-0.39, 0.29) is 0 Å². The number of ether oxygens (including phenoxy) is 1. The standard InChI is InChI=1S/C14H12ClN3OS/c1-19-11-4-2-8(6-9(11)15)18-10-3-5-12-14(13(10)16)17-7-20-12/h2-7,18H,16H2,1H3. The molecule has 0 atom stereocenters. The molecule has 0 aliphatic rings. The van der Waals surface area contributed by atoms with Crippen LogP contribution in [0.2, 0.25) is 5.02 Å². The lowest BCUT2D eigenvalue weighted by atomic mass is 10.2. The highest BCUT2D eigenvalue weighted by Gasteiger charge is 2.08. The van der Waals surface area contributed by atoms with Crippen molar-refractivity contribution in [3.8, 4) is 5.75 Å². The largest absolute Gasteiger partial charge is 0.495 e. The van der Waals surface area contributed by atoms with Crippen molar-refractivity contribution >= 4 is 50.2 Å². The van der Waals surface area contributed by atoms with Crippen LogP contribution in [0.25, 0.3) is 10.2 Å². The molecule has 2 aromatic carbocycles. The molecule has 0 radical (unpaired) electrons. The first kappa shape index (κ1) is 13.0. The van der Waals surface area contributed by atoms with Crippen LogP contribution in [0.5, 0.6) is 5.75 Å². The third-order valence-electron chi connectivity index (χ3n) is 2.97. The SMILES string of the molecule is COc1ccc(Nc2ccc3scnc3c2N)cc1Cl. The van der Waals surface area contributed by atoms with Crippen molar-refractivity contribution in [2.24, 2.45) is 0 Å². The molecule has 0 aliphatic heterocycles. The lowest BCUT2D eigenvalue weighted by molar-refractivity contribution is 0.415. The summed E-state index contributed by atoms with van der Waals surface area (Å²) in [5, 5.41) is 3.79. The molecule has 3 N–H and O–H groups in total. The summed E-state index contributed by atoms with van der Waals surface area (Å²) in [7, 11) is 1.59. The number of fused-ring (bicyclic) bond motifs is 1. The summed E-state index contributed by atoms with van der Waals surface area (Å²) in [6, 6.07) is 9.42. The molecule has 0 saturated carbocycles. The molecule has 6 heteroatoms. The number of halogens is 1. The third-order valence-corrected chi connectivity index (χ3v) is 4.06. The molecule has 1 aromatic heterocycles. The van der Waals surface area contributed by atoms with Crippen molar-refractivity contribution in [3.63, 3.8) is 0 Å². The molecule has 0 amide bonds. The predicted octanol–water partition coefficient (Wildman–Crippen LogP) is 4.28. The Bertz CT molecular complexity index is 772. The number of thiazole rings is 1. The lowest BCUT2D eigenvalue weighted by Crippen LogP contribution is -1.97. The predicted molar refractivity (Wildman–Crippen MR) is 85.3 cm³/mol. The van der Waals surface area contributed by atoms with Gasteiger partial charge in [-0.15, -0.1) is 11.3 Å². The monoisotopic (exact) mass is 305 g/mol. The molecule has 0 aliphatic carbocycles. The molecule has 4 nitrogen and oxygen atoms in total. The van der Waals surface area contributed by atoms with Gasteiger partial charge in [-0.2, -0.15) is 0 Å². The van der Waals surface area contributed by atoms with Crippen molar-refractivity contribution < 1.29 is 4.74 Å². The fourth-order valence-corrected chi connectivity index (χ4v) is 2.91. The van der Waals surface area contributed by atoms with E-state index in [0.717, 1.165) is 21.6 Å². The highest BCUT2D eigenvalue weighted by molar-refractivity contribution is 7.16. The van der Waals surface area contributed by atoms with Crippen LogP contribution in [-0.4, -0.2) is 12.1 Å². The second-order valence-corrected chi connectivity index (χ2v) is 5.49. The fraction of sp³-hybridized carbons (Fsp3) is 0.0714. The zero-order valence-corrected chi connectivity index (χ0v) is 12.3. The summed E-state index contributed by atoms with van der Waals surface area (Å²) in [6.07, 6.45) is 0. The van der Waals surface area contributed by atoms with Gasteiger partial charge >= 0.3 is 0 Å². The Balaban J connectivity index is 1.96. The zero-order valence-electron chi connectivity index (χ0n) is 10.7. The van der Waals surface area contributed by atoms with Crippen LogP contribution in [0.3, 0.4) is 0 Å². The van der Waals surface area contributed by atoms with E-state index in [9.17, 15) is 0 Å². The molecule has 0 saturated heterocycles. The average molecular weight is 306 g/mol. The maximum atomic E-state index is 6.13. The van der Waals surface area contributed by atoms with Crippen LogP contribution in [0, 0.1) is 0 Å². The molecule has 0 bridgehead atoms. The van der Waals surface area contributed by atoms with E-state index in [0.29, 0.717) is 16.5 Å². The van der Waals surface area contributed by atoms with Crippen LogP contribution in [0.4, 0.5) is 17.1 Å². The number of hydrogen-bond acceptors (Lipinski definition) is 5. The second kappa shape index (κ2) is 5.19. The Morgan fingerprint density at radius 1 is 1.30 bits per heavy atom. The number of nitrogens with zero attached hydrogens (tertiary/aromatic N) is 1. The normalized spacial score (nSPS) is 10.7. The molecule has 3 rings (SSSR count). The minimum Gasteiger partial charge on any atom is -0.495 e. The van der Waals surface area contributed by atoms with E-state index in [1.54, 1.807) is 30.0 Å². The topological polar surface area (TPSA) is 60.2 Å². The molecule has 1 heterocycles. The van der Waals surface area contributed by atoms with Gasteiger partial charge in [0.2, 0.25) is 0 Å². The van der Waals surface area contributed by atoms with E-state index in [2.05, 4.69) is 10.3 Å². The van der Waals surface area contributed by atoms with E-state index in [1.165, 1.54) is 0 Å². The summed E-state index contributed by atoms with van der Waals surface area (Å²) >= 11 is 7.67. The number of benzene rings is 2. The van der Waals surface area contributed by atoms with Gasteiger partial charge < -0.3 is 15.8 Å². The smallest absolute Gasteiger partial charge is 0.137 e. The Hall–Kier alpha value is -1.98. The van der Waals surface area contributed by atoms with Gasteiger partial charge in [0.15, 0.2) is 0 Å². The van der Waals surface area contributed by atoms with Crippen LogP contribution in [0.15, 0.2) is 35.8 Å². The Morgan fingerprint density at radius 2 is 2.15 bits per heavy atom. The van der Waals surface area contributed by atoms with Crippen LogP contribution in [0.1, 0.15) is 0 Å². The molecular weight excluding hydrogens is 294 g/mol. The lowest BCUT2D eigenvalue weighted by Gasteiger charge is -2.11. The number of aromatic nitrogens is 1. The Morgan fingerprint density at radius 3 is 2.90 bits per heavy atom. The maximum absolute atomic E-state index is 6.13. The molecule has 3 aromatic rings. The summed E-state index contributed by atoms with van der Waals surface area (Å²) in [5.74, 6) is 0.639. The molecule has 0 unspecified atom stereocenters. The number of nitrogens with two attached hydrogens (primary N) is 1. The van der Waals surface area contributed by atoms with E-state index < -0.39 is 0 Å². The van der Waals surface area contributed by atoms with Crippen LogP contribution >= 0.6 is 22.9 Å². The van der Waals surface area contributed by atoms with Gasteiger partial charge in [-0.3, -0.25) is 0 Å². The minimum atomic E-state index is 0.547. The Kier molecular flexibility index (Phi) is 3.38. The average Bonchev–Trinajstić information content (AvgIpc) is 2.91. The second-order valence-electron chi connectivity index (χ2n) is 4.20. The van der Waals surface area contributed by atoms with Crippen molar-refractivity contribution in [1.29, 1.82) is 0 Å². The van der Waals surface area contributed by atoms with E-state index in [4.69, 9.17) is 22.1 Å². The van der Waals surface area contributed by atoms with Gasteiger partial charge in [0.05, 0.1) is 33.7 Å². The third kappa shape index (κ3) is 2.26. The van der Waals surface area contributed by atoms with Crippen molar-refractivity contribution in [1.82, 2.24) is 4.98 Å². The highest BCUT2D eigenvalue weighted by atomic mass is 35.5. The fourth-order valence-electron chi connectivity index (χ4n) is 1.96. The van der Waals surface area contributed by atoms with Crippen molar-refractivity contribution in [3.05, 3.63) is 40.9 Å². The van der Waals surface area contributed by atoms with Gasteiger partial charge in [0, 0.05) is 5.69 Å². The maximum Gasteiger partial charge on any atom is 0.137 e. The number of nitrogen functional groups attached to an aromatic ring is 1. The first-order valence-corrected chi connectivity index (χ1v) is 7.17. The summed E-state index contributed by atoms with van der Waals surface area (Å²) in [6.45, 7) is 0. The first-order valence-electron chi connectivity index (χ1n) is 5.91. The van der Waals surface area contributed by atoms with Crippen LogP contribution < -0.4 is 15.8 Å². The number of anilines is 3. The number of rotatable bonds is 3. The van der Waals surface area contributed by atoms with E-state index in [1.807, 2.05) is 24.3 Å². The molecule has 0 fully saturated rings. The van der Waals surface area contributed by atoms with Crippen molar-refractivity contribution in [2.75, 3.05) is 18.2 Å². The molecular formula is C14H12ClN3OS. The molecule has 0 spiro atoms. The van der Waals surface area contributed by atoms with Gasteiger partial charge in [0.1, 0.15) is 11.3 Å². The minimum absolute atomic E-state index is 0.547. The van der Waals surface area contributed by atoms with Crippen LogP contribution in [-0.2, 0) is 0 Å². The summed E-state index contributed by atoms with van der Waals surface area (Å²) in [5.41, 5.74) is 11.0. The van der Waals surface area contributed by atoms with Gasteiger partial charge in [-0.25, -0.2) is 4.98 Å². The summed E-state index contributed by atoms with van der Waals surface area (Å²) < 4.78 is 6.20. The highest BCUT2D eigenvalue weighted by Crippen LogP contribution is 2.34. The quantitative estimate of drug-likeness (QED) is 0.709. The van der Waals surface area contributed by atoms with Gasteiger partial charge in [0.25, 0.3) is 0 Å². The van der Waals surface area contributed by atoms with Gasteiger partial charge in [-0.05, 0) is 30.3 Å². The first-order chi connectivity index (χ1) is 9.69. The molecule has 20 heavy (non-hydrogen) atoms. The number of nitrogens with one attached hydrogen (secondary N) is 1. The summed E-state index contributed by atoms with van der Waals surface area (Å²) in [4.78, 5) is 4.27. The van der Waals surface area contributed by atoms with Crippen molar-refractivity contribution in [2.45, 2.75) is 0 Å². The molecule has 102 valence electrons. The zero-order chi connectivity index (χ0) is 14.1. The number of methoxy groups -OCH3 is 1. The Labute approximate surface area is 125 Å². The number of hydrogen-bond donors (Lipinski definition) is 2. The van der Waals surface area contributed by atoms with E-state index >= 15 is 0 Å². The van der Waals surface area contributed by atoms with Gasteiger partial charge in [-0.1, -0.05) is 11.6 Å².